The molecule has 27 heavy (non-hydrogen) atoms. The number of aromatic amines is 2. The van der Waals surface area contributed by atoms with Gasteiger partial charge in [0.15, 0.2) is 0 Å². The van der Waals surface area contributed by atoms with E-state index in [0.717, 1.165) is 23.5 Å². The van der Waals surface area contributed by atoms with Crippen LogP contribution in [0.1, 0.15) is 29.9 Å². The van der Waals surface area contributed by atoms with Gasteiger partial charge in [0, 0.05) is 40.7 Å². The predicted octanol–water partition coefficient (Wildman–Crippen LogP) is 5.72. The summed E-state index contributed by atoms with van der Waals surface area (Å²) in [6.07, 6.45) is 7.69. The topological polar surface area (TPSA) is 34.8 Å². The lowest BCUT2D eigenvalue weighted by Crippen LogP contribution is -2.34. The van der Waals surface area contributed by atoms with Crippen molar-refractivity contribution in [1.29, 1.82) is 0 Å². The fourth-order valence-electron chi connectivity index (χ4n) is 4.62. The Hall–Kier alpha value is -2.23. The molecule has 0 atom stereocenters. The molecule has 0 spiro atoms. The Morgan fingerprint density at radius 1 is 0.963 bits per heavy atom. The van der Waals surface area contributed by atoms with Gasteiger partial charge in [-0.15, -0.1) is 0 Å². The molecule has 3 heterocycles. The summed E-state index contributed by atoms with van der Waals surface area (Å²) in [4.78, 5) is 9.29. The Kier molecular flexibility index (Phi) is 4.42. The number of fused-ring (bicyclic) bond motifs is 2. The number of nitrogens with zero attached hydrogens (tertiary/aromatic N) is 1. The first kappa shape index (κ1) is 16.9. The number of aromatic nitrogens is 2. The highest BCUT2D eigenvalue weighted by Crippen LogP contribution is 2.33. The van der Waals surface area contributed by atoms with Crippen molar-refractivity contribution in [1.82, 2.24) is 14.9 Å². The van der Waals surface area contributed by atoms with Crippen LogP contribution in [-0.2, 0) is 6.42 Å². The molecule has 1 aliphatic rings. The second kappa shape index (κ2) is 7.06. The molecule has 4 aromatic rings. The minimum absolute atomic E-state index is 0.670. The van der Waals surface area contributed by atoms with E-state index in [9.17, 15) is 0 Å². The van der Waals surface area contributed by atoms with Gasteiger partial charge in [-0.1, -0.05) is 29.8 Å². The van der Waals surface area contributed by atoms with Crippen molar-refractivity contribution < 1.29 is 0 Å². The van der Waals surface area contributed by atoms with E-state index in [2.05, 4.69) is 57.6 Å². The summed E-state index contributed by atoms with van der Waals surface area (Å²) in [5.74, 6) is 0.670. The molecule has 1 aliphatic heterocycles. The molecule has 4 heteroatoms. The third kappa shape index (κ3) is 3.15. The van der Waals surface area contributed by atoms with Crippen molar-refractivity contribution in [2.75, 3.05) is 19.6 Å². The van der Waals surface area contributed by atoms with E-state index in [1.54, 1.807) is 0 Å². The Morgan fingerprint density at radius 2 is 1.78 bits per heavy atom. The third-order valence-electron chi connectivity index (χ3n) is 6.09. The lowest BCUT2D eigenvalue weighted by molar-refractivity contribution is 0.215. The zero-order valence-electron chi connectivity index (χ0n) is 15.3. The number of H-pyrrole nitrogens is 2. The number of nitrogens with one attached hydrogen (secondary N) is 2. The van der Waals surface area contributed by atoms with E-state index >= 15 is 0 Å². The third-order valence-corrected chi connectivity index (χ3v) is 6.41. The SMILES string of the molecule is Clc1cccc2[nH]cc(CCN3CCC(c4cccc5[nH]ccc45)CC3)c12. The second-order valence-corrected chi connectivity index (χ2v) is 8.04. The van der Waals surface area contributed by atoms with Crippen molar-refractivity contribution in [2.24, 2.45) is 0 Å². The summed E-state index contributed by atoms with van der Waals surface area (Å²) < 4.78 is 0. The molecule has 0 amide bonds. The lowest BCUT2D eigenvalue weighted by Gasteiger charge is -2.32. The summed E-state index contributed by atoms with van der Waals surface area (Å²) in [7, 11) is 0. The molecule has 2 aromatic carbocycles. The fraction of sp³-hybridized carbons (Fsp3) is 0.304. The minimum atomic E-state index is 0.670. The van der Waals surface area contributed by atoms with E-state index < -0.39 is 0 Å². The highest BCUT2D eigenvalue weighted by molar-refractivity contribution is 6.35. The first-order chi connectivity index (χ1) is 13.3. The van der Waals surface area contributed by atoms with Crippen LogP contribution in [-0.4, -0.2) is 34.5 Å². The van der Waals surface area contributed by atoms with Crippen LogP contribution in [0.4, 0.5) is 0 Å². The Labute approximate surface area is 164 Å². The number of rotatable bonds is 4. The van der Waals surface area contributed by atoms with Gasteiger partial charge in [0.1, 0.15) is 0 Å². The average Bonchev–Trinajstić information content (AvgIpc) is 3.34. The zero-order valence-corrected chi connectivity index (χ0v) is 16.1. The molecular weight excluding hydrogens is 354 g/mol. The molecule has 1 fully saturated rings. The first-order valence-electron chi connectivity index (χ1n) is 9.82. The maximum atomic E-state index is 6.41. The predicted molar refractivity (Wildman–Crippen MR) is 114 cm³/mol. The molecule has 2 aromatic heterocycles. The van der Waals surface area contributed by atoms with Crippen molar-refractivity contribution in [3.8, 4) is 0 Å². The van der Waals surface area contributed by atoms with Crippen LogP contribution < -0.4 is 0 Å². The van der Waals surface area contributed by atoms with Gasteiger partial charge in [-0.3, -0.25) is 0 Å². The monoisotopic (exact) mass is 377 g/mol. The molecular formula is C23H24ClN3. The van der Waals surface area contributed by atoms with Gasteiger partial charge >= 0.3 is 0 Å². The van der Waals surface area contributed by atoms with E-state index in [1.807, 2.05) is 12.1 Å². The van der Waals surface area contributed by atoms with Crippen LogP contribution in [0.15, 0.2) is 54.9 Å². The summed E-state index contributed by atoms with van der Waals surface area (Å²) in [6, 6.07) is 15.0. The molecule has 0 saturated carbocycles. The molecule has 0 radical (unpaired) electrons. The van der Waals surface area contributed by atoms with Gasteiger partial charge in [-0.25, -0.2) is 0 Å². The van der Waals surface area contributed by atoms with Gasteiger partial charge < -0.3 is 14.9 Å². The minimum Gasteiger partial charge on any atom is -0.361 e. The number of hydrogen-bond acceptors (Lipinski definition) is 1. The van der Waals surface area contributed by atoms with Crippen LogP contribution in [0, 0.1) is 0 Å². The smallest absolute Gasteiger partial charge is 0.0502 e. The summed E-state index contributed by atoms with van der Waals surface area (Å²) in [5, 5.41) is 3.43. The average molecular weight is 378 g/mol. The standard InChI is InChI=1S/C23H24ClN3/c24-20-4-2-6-22-23(20)17(15-26-22)10-14-27-12-8-16(9-13-27)18-3-1-5-21-19(18)7-11-25-21/h1-7,11,15-16,25-26H,8-10,12-14H2. The molecule has 1 saturated heterocycles. The van der Waals surface area contributed by atoms with Crippen LogP contribution in [0.2, 0.25) is 5.02 Å². The van der Waals surface area contributed by atoms with Gasteiger partial charge in [0.05, 0.1) is 5.02 Å². The van der Waals surface area contributed by atoms with Crippen molar-refractivity contribution in [3.63, 3.8) is 0 Å². The summed E-state index contributed by atoms with van der Waals surface area (Å²) in [6.45, 7) is 3.43. The van der Waals surface area contributed by atoms with Gasteiger partial charge in [0.2, 0.25) is 0 Å². The van der Waals surface area contributed by atoms with Crippen LogP contribution in [0.25, 0.3) is 21.8 Å². The Bertz CT molecular complexity index is 1070. The van der Waals surface area contributed by atoms with Crippen molar-refractivity contribution >= 4 is 33.4 Å². The van der Waals surface area contributed by atoms with Crippen molar-refractivity contribution in [3.05, 3.63) is 71.0 Å². The lowest BCUT2D eigenvalue weighted by atomic mass is 9.87. The van der Waals surface area contributed by atoms with E-state index in [1.165, 1.54) is 53.3 Å². The zero-order chi connectivity index (χ0) is 18.2. The molecule has 0 aliphatic carbocycles. The van der Waals surface area contributed by atoms with Gasteiger partial charge in [-0.2, -0.15) is 0 Å². The van der Waals surface area contributed by atoms with Crippen LogP contribution in [0.5, 0.6) is 0 Å². The maximum absolute atomic E-state index is 6.41. The molecule has 138 valence electrons. The van der Waals surface area contributed by atoms with E-state index in [0.29, 0.717) is 5.92 Å². The van der Waals surface area contributed by atoms with Gasteiger partial charge in [0.25, 0.3) is 0 Å². The Balaban J connectivity index is 1.24. The summed E-state index contributed by atoms with van der Waals surface area (Å²) >= 11 is 6.41. The number of benzene rings is 2. The normalized spacial score (nSPS) is 16.5. The molecule has 5 rings (SSSR count). The van der Waals surface area contributed by atoms with Gasteiger partial charge in [-0.05, 0) is 73.7 Å². The summed E-state index contributed by atoms with van der Waals surface area (Å²) in [5.41, 5.74) is 5.23. The molecule has 0 bridgehead atoms. The van der Waals surface area contributed by atoms with E-state index in [-0.39, 0.29) is 0 Å². The highest BCUT2D eigenvalue weighted by atomic mass is 35.5. The molecule has 3 nitrogen and oxygen atoms in total. The number of hydrogen-bond donors (Lipinski definition) is 2. The highest BCUT2D eigenvalue weighted by Gasteiger charge is 2.22. The number of piperidine rings is 1. The quantitative estimate of drug-likeness (QED) is 0.468. The van der Waals surface area contributed by atoms with Crippen LogP contribution >= 0.6 is 11.6 Å². The second-order valence-electron chi connectivity index (χ2n) is 7.63. The largest absolute Gasteiger partial charge is 0.361 e. The number of likely N-dealkylation sites (tertiary alicyclic amines) is 1. The Morgan fingerprint density at radius 3 is 2.67 bits per heavy atom. The first-order valence-corrected chi connectivity index (χ1v) is 10.2. The number of halogens is 1. The van der Waals surface area contributed by atoms with Crippen LogP contribution in [0.3, 0.4) is 0 Å². The fourth-order valence-corrected chi connectivity index (χ4v) is 4.91. The maximum Gasteiger partial charge on any atom is 0.0502 e. The molecule has 0 unspecified atom stereocenters. The van der Waals surface area contributed by atoms with Crippen molar-refractivity contribution in [2.45, 2.75) is 25.2 Å². The van der Waals surface area contributed by atoms with E-state index in [4.69, 9.17) is 11.6 Å². The molecule has 2 N–H and O–H groups in total.